The van der Waals surface area contributed by atoms with Crippen molar-refractivity contribution >= 4 is 29.2 Å². The van der Waals surface area contributed by atoms with E-state index in [-0.39, 0.29) is 17.8 Å². The molecule has 1 heterocycles. The van der Waals surface area contributed by atoms with Crippen LogP contribution in [0.5, 0.6) is 0 Å². The maximum atomic E-state index is 12.1. The first-order valence-corrected chi connectivity index (χ1v) is 7.09. The molecule has 1 saturated heterocycles. The lowest BCUT2D eigenvalue weighted by molar-refractivity contribution is -0.117. The number of hydrogen-bond donors (Lipinski definition) is 4. The molecule has 1 fully saturated rings. The van der Waals surface area contributed by atoms with E-state index in [2.05, 4.69) is 20.2 Å². The van der Waals surface area contributed by atoms with Gasteiger partial charge in [0.05, 0.1) is 17.9 Å². The van der Waals surface area contributed by atoms with Crippen LogP contribution in [0.25, 0.3) is 0 Å². The lowest BCUT2D eigenvalue weighted by Gasteiger charge is -2.14. The van der Waals surface area contributed by atoms with Gasteiger partial charge in [-0.05, 0) is 38.1 Å². The molecule has 7 N–H and O–H groups in total. The quantitative estimate of drug-likeness (QED) is 0.456. The second kappa shape index (κ2) is 7.41. The number of carbonyl (C=O) groups excluding carboxylic acids is 1. The van der Waals surface area contributed by atoms with Crippen molar-refractivity contribution in [2.45, 2.75) is 12.8 Å². The van der Waals surface area contributed by atoms with Crippen LogP contribution in [-0.4, -0.2) is 42.4 Å². The van der Waals surface area contributed by atoms with Crippen molar-refractivity contribution in [2.24, 2.45) is 27.2 Å². The second-order valence-corrected chi connectivity index (χ2v) is 5.06. The third-order valence-electron chi connectivity index (χ3n) is 3.22. The largest absolute Gasteiger partial charge is 0.370 e. The van der Waals surface area contributed by atoms with Crippen LogP contribution in [0.2, 0.25) is 0 Å². The summed E-state index contributed by atoms with van der Waals surface area (Å²) in [5, 5.41) is 2.84. The van der Waals surface area contributed by atoms with E-state index in [1.165, 1.54) is 0 Å². The molecule has 118 valence electrons. The van der Waals surface area contributed by atoms with Gasteiger partial charge in [-0.25, -0.2) is 4.99 Å². The number of rotatable bonds is 4. The number of benzene rings is 1. The Morgan fingerprint density at radius 1 is 1.18 bits per heavy atom. The Labute approximate surface area is 129 Å². The minimum atomic E-state index is -0.170. The number of hydrogen-bond acceptors (Lipinski definition) is 3. The Hall–Kier alpha value is -2.61. The number of amides is 1. The number of nitrogens with one attached hydrogen (secondary N) is 1. The van der Waals surface area contributed by atoms with E-state index < -0.39 is 0 Å². The lowest BCUT2D eigenvalue weighted by Crippen LogP contribution is -2.30. The molecular formula is C14H21N7O. The minimum Gasteiger partial charge on any atom is -0.370 e. The van der Waals surface area contributed by atoms with E-state index in [1.807, 2.05) is 0 Å². The fraction of sp³-hybridized carbons (Fsp3) is 0.357. The van der Waals surface area contributed by atoms with E-state index in [0.29, 0.717) is 17.9 Å². The van der Waals surface area contributed by atoms with Gasteiger partial charge in [-0.2, -0.15) is 4.99 Å². The standard InChI is InChI=1S/C14H21N7O/c15-13(16)20-14(17)19-11-6-2-1-5-10(11)18-12(22)9-21-7-3-4-8-21/h1-2,5-6H,3-4,7-9H2,(H,18,22)(H6,15,16,17,19,20). The Kier molecular flexibility index (Phi) is 5.31. The third-order valence-corrected chi connectivity index (χ3v) is 3.22. The highest BCUT2D eigenvalue weighted by atomic mass is 16.2. The number of nitrogens with zero attached hydrogens (tertiary/aromatic N) is 3. The van der Waals surface area contributed by atoms with Gasteiger partial charge in [0, 0.05) is 0 Å². The van der Waals surface area contributed by atoms with Crippen molar-refractivity contribution in [3.8, 4) is 0 Å². The number of carbonyl (C=O) groups is 1. The van der Waals surface area contributed by atoms with Crippen LogP contribution in [-0.2, 0) is 4.79 Å². The Balaban J connectivity index is 2.07. The van der Waals surface area contributed by atoms with Gasteiger partial charge >= 0.3 is 0 Å². The van der Waals surface area contributed by atoms with Crippen molar-refractivity contribution < 1.29 is 4.79 Å². The minimum absolute atomic E-state index is 0.0683. The summed E-state index contributed by atoms with van der Waals surface area (Å²) >= 11 is 0. The predicted octanol–water partition coefficient (Wildman–Crippen LogP) is -0.0595. The normalized spacial score (nSPS) is 15.5. The predicted molar refractivity (Wildman–Crippen MR) is 87.8 cm³/mol. The molecule has 0 spiro atoms. The molecule has 22 heavy (non-hydrogen) atoms. The third kappa shape index (κ3) is 4.74. The fourth-order valence-corrected chi connectivity index (χ4v) is 2.29. The molecule has 1 aromatic rings. The molecule has 0 bridgehead atoms. The molecular weight excluding hydrogens is 282 g/mol. The summed E-state index contributed by atoms with van der Waals surface area (Å²) in [7, 11) is 0. The van der Waals surface area contributed by atoms with Crippen LogP contribution in [0.15, 0.2) is 34.3 Å². The van der Waals surface area contributed by atoms with Gasteiger partial charge in [0.25, 0.3) is 0 Å². The van der Waals surface area contributed by atoms with Crippen LogP contribution < -0.4 is 22.5 Å². The molecule has 1 aromatic carbocycles. The zero-order valence-corrected chi connectivity index (χ0v) is 12.3. The summed E-state index contributed by atoms with van der Waals surface area (Å²) < 4.78 is 0. The molecule has 1 amide bonds. The molecule has 8 nitrogen and oxygen atoms in total. The molecule has 0 atom stereocenters. The molecule has 1 aliphatic heterocycles. The number of anilines is 1. The fourth-order valence-electron chi connectivity index (χ4n) is 2.29. The van der Waals surface area contributed by atoms with Crippen LogP contribution in [0.3, 0.4) is 0 Å². The van der Waals surface area contributed by atoms with Gasteiger partial charge in [-0.15, -0.1) is 0 Å². The van der Waals surface area contributed by atoms with Crippen LogP contribution in [0.1, 0.15) is 12.8 Å². The summed E-state index contributed by atoms with van der Waals surface area (Å²) in [6, 6.07) is 7.07. The van der Waals surface area contributed by atoms with Crippen LogP contribution in [0.4, 0.5) is 11.4 Å². The highest BCUT2D eigenvalue weighted by Gasteiger charge is 2.15. The average Bonchev–Trinajstić information content (AvgIpc) is 2.92. The number of likely N-dealkylation sites (tertiary alicyclic amines) is 1. The van der Waals surface area contributed by atoms with Crippen molar-refractivity contribution in [2.75, 3.05) is 25.0 Å². The van der Waals surface area contributed by atoms with Crippen LogP contribution >= 0.6 is 0 Å². The number of guanidine groups is 2. The first-order chi connectivity index (χ1) is 10.5. The van der Waals surface area contributed by atoms with E-state index >= 15 is 0 Å². The smallest absolute Gasteiger partial charge is 0.238 e. The van der Waals surface area contributed by atoms with Gasteiger partial charge < -0.3 is 22.5 Å². The molecule has 0 aromatic heterocycles. The zero-order chi connectivity index (χ0) is 15.9. The highest BCUT2D eigenvalue weighted by Crippen LogP contribution is 2.24. The summed E-state index contributed by atoms with van der Waals surface area (Å²) in [5.74, 6) is -0.317. The van der Waals surface area contributed by atoms with Gasteiger partial charge in [-0.3, -0.25) is 9.69 Å². The number of aliphatic imine (C=N–C) groups is 2. The molecule has 1 aliphatic rings. The van der Waals surface area contributed by atoms with Crippen LogP contribution in [0, 0.1) is 0 Å². The first kappa shape index (κ1) is 15.8. The van der Waals surface area contributed by atoms with Gasteiger partial charge in [-0.1, -0.05) is 12.1 Å². The molecule has 0 saturated carbocycles. The molecule has 0 aliphatic carbocycles. The number of para-hydroxylation sites is 2. The van der Waals surface area contributed by atoms with E-state index in [9.17, 15) is 4.79 Å². The molecule has 2 rings (SSSR count). The van der Waals surface area contributed by atoms with E-state index in [1.54, 1.807) is 24.3 Å². The topological polar surface area (TPSA) is 135 Å². The zero-order valence-electron chi connectivity index (χ0n) is 12.3. The summed E-state index contributed by atoms with van der Waals surface area (Å²) in [5.41, 5.74) is 17.2. The van der Waals surface area contributed by atoms with Crippen molar-refractivity contribution in [1.82, 2.24) is 4.90 Å². The second-order valence-electron chi connectivity index (χ2n) is 5.06. The summed E-state index contributed by atoms with van der Waals surface area (Å²) in [4.78, 5) is 22.0. The highest BCUT2D eigenvalue weighted by molar-refractivity contribution is 5.97. The number of nitrogens with two attached hydrogens (primary N) is 3. The molecule has 0 unspecified atom stereocenters. The van der Waals surface area contributed by atoms with Crippen molar-refractivity contribution in [3.63, 3.8) is 0 Å². The van der Waals surface area contributed by atoms with Gasteiger partial charge in [0.1, 0.15) is 0 Å². The lowest BCUT2D eigenvalue weighted by atomic mass is 10.2. The summed E-state index contributed by atoms with van der Waals surface area (Å²) in [6.45, 7) is 2.30. The average molecular weight is 303 g/mol. The van der Waals surface area contributed by atoms with E-state index in [4.69, 9.17) is 17.2 Å². The molecule has 8 heteroatoms. The molecule has 0 radical (unpaired) electrons. The maximum absolute atomic E-state index is 12.1. The first-order valence-electron chi connectivity index (χ1n) is 7.09. The Morgan fingerprint density at radius 3 is 2.55 bits per heavy atom. The monoisotopic (exact) mass is 303 g/mol. The Bertz CT molecular complexity index is 587. The van der Waals surface area contributed by atoms with Gasteiger partial charge in [0.15, 0.2) is 5.96 Å². The summed E-state index contributed by atoms with van der Waals surface area (Å²) in [6.07, 6.45) is 2.28. The maximum Gasteiger partial charge on any atom is 0.238 e. The van der Waals surface area contributed by atoms with Gasteiger partial charge in [0.2, 0.25) is 11.9 Å². The van der Waals surface area contributed by atoms with Crippen molar-refractivity contribution in [1.29, 1.82) is 0 Å². The Morgan fingerprint density at radius 2 is 1.86 bits per heavy atom. The van der Waals surface area contributed by atoms with E-state index in [0.717, 1.165) is 25.9 Å². The van der Waals surface area contributed by atoms with Crippen molar-refractivity contribution in [3.05, 3.63) is 24.3 Å². The SMILES string of the molecule is NC(N)=NC(N)=Nc1ccccc1NC(=O)CN1CCCC1.